The number of carbonyl (C=O) groups excluding carboxylic acids is 1. The van der Waals surface area contributed by atoms with Gasteiger partial charge in [0, 0.05) is 12.2 Å². The van der Waals surface area contributed by atoms with Crippen molar-refractivity contribution in [3.05, 3.63) is 29.8 Å². The molecule has 0 heterocycles. The Balaban J connectivity index is 2.40. The largest absolute Gasteiger partial charge is 0.481 e. The predicted molar refractivity (Wildman–Crippen MR) is 82.3 cm³/mol. The molecule has 1 atom stereocenters. The molecule has 1 rings (SSSR count). The molecule has 5 nitrogen and oxygen atoms in total. The maximum atomic E-state index is 11.7. The Morgan fingerprint density at radius 1 is 1.30 bits per heavy atom. The lowest BCUT2D eigenvalue weighted by atomic mass is 10.1. The van der Waals surface area contributed by atoms with Gasteiger partial charge in [-0.1, -0.05) is 19.1 Å². The summed E-state index contributed by atoms with van der Waals surface area (Å²) in [6.07, 6.45) is 2.02. The lowest BCUT2D eigenvalue weighted by molar-refractivity contribution is -0.136. The second-order valence-electron chi connectivity index (χ2n) is 4.66. The van der Waals surface area contributed by atoms with E-state index >= 15 is 0 Å². The summed E-state index contributed by atoms with van der Waals surface area (Å²) in [5, 5.41) is 14.2. The SMILES string of the molecule is CSCC(C)CNC(=O)Nc1ccc(CC(=O)O)cc1. The van der Waals surface area contributed by atoms with Gasteiger partial charge in [0.1, 0.15) is 0 Å². The summed E-state index contributed by atoms with van der Waals surface area (Å²) in [5.41, 5.74) is 1.35. The summed E-state index contributed by atoms with van der Waals surface area (Å²) >= 11 is 1.75. The number of benzene rings is 1. The minimum atomic E-state index is -0.869. The van der Waals surface area contributed by atoms with Gasteiger partial charge in [-0.25, -0.2) is 4.79 Å². The molecule has 2 amide bonds. The number of aliphatic carboxylic acids is 1. The smallest absolute Gasteiger partial charge is 0.319 e. The molecule has 0 bridgehead atoms. The van der Waals surface area contributed by atoms with E-state index in [4.69, 9.17) is 5.11 Å². The van der Waals surface area contributed by atoms with Crippen LogP contribution in [0.3, 0.4) is 0 Å². The molecule has 0 aliphatic rings. The number of nitrogens with one attached hydrogen (secondary N) is 2. The van der Waals surface area contributed by atoms with Crippen LogP contribution in [0.4, 0.5) is 10.5 Å². The third-order valence-corrected chi connectivity index (χ3v) is 3.53. The van der Waals surface area contributed by atoms with E-state index in [9.17, 15) is 9.59 Å². The van der Waals surface area contributed by atoms with Crippen LogP contribution in [-0.4, -0.2) is 35.7 Å². The Morgan fingerprint density at radius 3 is 2.50 bits per heavy atom. The van der Waals surface area contributed by atoms with E-state index in [-0.39, 0.29) is 12.5 Å². The van der Waals surface area contributed by atoms with Gasteiger partial charge in [-0.2, -0.15) is 11.8 Å². The van der Waals surface area contributed by atoms with E-state index < -0.39 is 5.97 Å². The van der Waals surface area contributed by atoms with Crippen molar-refractivity contribution in [2.24, 2.45) is 5.92 Å². The normalized spacial score (nSPS) is 11.7. The van der Waals surface area contributed by atoms with E-state index in [1.54, 1.807) is 36.0 Å². The van der Waals surface area contributed by atoms with Gasteiger partial charge in [-0.05, 0) is 35.6 Å². The second-order valence-corrected chi connectivity index (χ2v) is 5.57. The van der Waals surface area contributed by atoms with Crippen LogP contribution in [0.15, 0.2) is 24.3 Å². The van der Waals surface area contributed by atoms with E-state index in [1.807, 2.05) is 6.26 Å². The molecule has 0 aliphatic carbocycles. The number of hydrogen-bond acceptors (Lipinski definition) is 3. The molecule has 0 aliphatic heterocycles. The van der Waals surface area contributed by atoms with Gasteiger partial charge in [0.25, 0.3) is 0 Å². The Labute approximate surface area is 123 Å². The summed E-state index contributed by atoms with van der Waals surface area (Å²) < 4.78 is 0. The molecule has 110 valence electrons. The van der Waals surface area contributed by atoms with Crippen molar-refractivity contribution in [3.63, 3.8) is 0 Å². The first-order valence-corrected chi connectivity index (χ1v) is 7.75. The Kier molecular flexibility index (Phi) is 6.93. The number of thioether (sulfide) groups is 1. The molecular weight excluding hydrogens is 276 g/mol. The summed E-state index contributed by atoms with van der Waals surface area (Å²) in [4.78, 5) is 22.2. The monoisotopic (exact) mass is 296 g/mol. The van der Waals surface area contributed by atoms with Crippen LogP contribution in [0, 0.1) is 5.92 Å². The van der Waals surface area contributed by atoms with Crippen LogP contribution < -0.4 is 10.6 Å². The zero-order chi connectivity index (χ0) is 15.0. The fraction of sp³-hybridized carbons (Fsp3) is 0.429. The number of hydrogen-bond donors (Lipinski definition) is 3. The van der Waals surface area contributed by atoms with Crippen LogP contribution in [0.1, 0.15) is 12.5 Å². The van der Waals surface area contributed by atoms with E-state index in [2.05, 4.69) is 17.6 Å². The summed E-state index contributed by atoms with van der Waals surface area (Å²) in [5.74, 6) is 0.560. The molecule has 0 fully saturated rings. The van der Waals surface area contributed by atoms with Gasteiger partial charge in [0.15, 0.2) is 0 Å². The van der Waals surface area contributed by atoms with Gasteiger partial charge in [-0.15, -0.1) is 0 Å². The van der Waals surface area contributed by atoms with Crippen molar-refractivity contribution in [2.45, 2.75) is 13.3 Å². The second kappa shape index (κ2) is 8.47. The molecule has 6 heteroatoms. The van der Waals surface area contributed by atoms with Crippen molar-refractivity contribution in [1.29, 1.82) is 0 Å². The number of rotatable bonds is 7. The van der Waals surface area contributed by atoms with E-state index in [0.29, 0.717) is 23.7 Å². The van der Waals surface area contributed by atoms with Crippen molar-refractivity contribution in [3.8, 4) is 0 Å². The highest BCUT2D eigenvalue weighted by Gasteiger charge is 2.06. The van der Waals surface area contributed by atoms with Gasteiger partial charge >= 0.3 is 12.0 Å². The summed E-state index contributed by atoms with van der Waals surface area (Å²) in [6, 6.07) is 6.54. The molecule has 3 N–H and O–H groups in total. The first-order chi connectivity index (χ1) is 9.51. The lowest BCUT2D eigenvalue weighted by Gasteiger charge is -2.12. The van der Waals surface area contributed by atoms with Crippen LogP contribution in [0.2, 0.25) is 0 Å². The number of urea groups is 1. The maximum Gasteiger partial charge on any atom is 0.319 e. The van der Waals surface area contributed by atoms with Crippen molar-refractivity contribution >= 4 is 29.4 Å². The summed E-state index contributed by atoms with van der Waals surface area (Å²) in [6.45, 7) is 2.71. The first-order valence-electron chi connectivity index (χ1n) is 6.35. The predicted octanol–water partition coefficient (Wildman–Crippen LogP) is 2.43. The molecule has 1 aromatic carbocycles. The maximum absolute atomic E-state index is 11.7. The molecule has 1 unspecified atom stereocenters. The average molecular weight is 296 g/mol. The molecule has 0 spiro atoms. The summed E-state index contributed by atoms with van der Waals surface area (Å²) in [7, 11) is 0. The first kappa shape index (κ1) is 16.4. The molecule has 0 aromatic heterocycles. The standard InChI is InChI=1S/C14H20N2O3S/c1-10(9-20-2)8-15-14(19)16-12-5-3-11(4-6-12)7-13(17)18/h3-6,10H,7-9H2,1-2H3,(H,17,18)(H2,15,16,19). The molecule has 1 aromatic rings. The number of carbonyl (C=O) groups is 2. The Bertz CT molecular complexity index is 448. The van der Waals surface area contributed by atoms with Gasteiger partial charge in [-0.3, -0.25) is 4.79 Å². The number of carboxylic acids is 1. The van der Waals surface area contributed by atoms with Gasteiger partial charge in [0.05, 0.1) is 6.42 Å². The van der Waals surface area contributed by atoms with Crippen LogP contribution in [0.25, 0.3) is 0 Å². The molecule has 20 heavy (non-hydrogen) atoms. The molecular formula is C14H20N2O3S. The topological polar surface area (TPSA) is 78.4 Å². The highest BCUT2D eigenvalue weighted by molar-refractivity contribution is 7.98. The zero-order valence-electron chi connectivity index (χ0n) is 11.7. The Morgan fingerprint density at radius 2 is 1.95 bits per heavy atom. The van der Waals surface area contributed by atoms with Crippen LogP contribution >= 0.6 is 11.8 Å². The highest BCUT2D eigenvalue weighted by atomic mass is 32.2. The minimum Gasteiger partial charge on any atom is -0.481 e. The third kappa shape index (κ3) is 6.47. The van der Waals surface area contributed by atoms with Crippen LogP contribution in [-0.2, 0) is 11.2 Å². The molecule has 0 saturated heterocycles. The van der Waals surface area contributed by atoms with Gasteiger partial charge < -0.3 is 15.7 Å². The van der Waals surface area contributed by atoms with Gasteiger partial charge in [0.2, 0.25) is 0 Å². The van der Waals surface area contributed by atoms with Crippen LogP contribution in [0.5, 0.6) is 0 Å². The van der Waals surface area contributed by atoms with E-state index in [0.717, 1.165) is 5.75 Å². The molecule has 0 saturated carbocycles. The lowest BCUT2D eigenvalue weighted by Crippen LogP contribution is -2.32. The molecule has 0 radical (unpaired) electrons. The van der Waals surface area contributed by atoms with Crippen molar-refractivity contribution in [2.75, 3.05) is 23.9 Å². The van der Waals surface area contributed by atoms with Crippen molar-refractivity contribution in [1.82, 2.24) is 5.32 Å². The van der Waals surface area contributed by atoms with Crippen molar-refractivity contribution < 1.29 is 14.7 Å². The fourth-order valence-corrected chi connectivity index (χ4v) is 2.35. The minimum absolute atomic E-state index is 0.0152. The average Bonchev–Trinajstić information content (AvgIpc) is 2.38. The Hall–Kier alpha value is -1.69. The quantitative estimate of drug-likeness (QED) is 0.722. The highest BCUT2D eigenvalue weighted by Crippen LogP contribution is 2.10. The number of anilines is 1. The number of amides is 2. The van der Waals surface area contributed by atoms with E-state index in [1.165, 1.54) is 0 Å². The third-order valence-electron chi connectivity index (χ3n) is 2.63. The fourth-order valence-electron chi connectivity index (χ4n) is 1.67. The number of carboxylic acid groups (broad SMARTS) is 1. The zero-order valence-corrected chi connectivity index (χ0v) is 12.5.